The van der Waals surface area contributed by atoms with Crippen LogP contribution in [0.3, 0.4) is 0 Å². The van der Waals surface area contributed by atoms with E-state index in [1.165, 1.54) is 0 Å². The van der Waals surface area contributed by atoms with E-state index in [1.807, 2.05) is 38.1 Å². The first kappa shape index (κ1) is 11.9. The summed E-state index contributed by atoms with van der Waals surface area (Å²) in [4.78, 5) is 15.7. The Morgan fingerprint density at radius 1 is 1.35 bits per heavy atom. The largest absolute Gasteiger partial charge is 0.475 e. The third-order valence-corrected chi connectivity index (χ3v) is 2.46. The third-order valence-electron chi connectivity index (χ3n) is 2.26. The summed E-state index contributed by atoms with van der Waals surface area (Å²) < 4.78 is 5.49. The zero-order chi connectivity index (χ0) is 12.4. The fraction of sp³-hybridized carbons (Fsp3) is 0.231. The number of aromatic nitrogens is 1. The molecule has 1 heterocycles. The molecule has 2 rings (SSSR count). The van der Waals surface area contributed by atoms with Gasteiger partial charge in [0.1, 0.15) is 0 Å². The van der Waals surface area contributed by atoms with Gasteiger partial charge >= 0.3 is 0 Å². The Kier molecular flexibility index (Phi) is 3.29. The maximum absolute atomic E-state index is 11.4. The summed E-state index contributed by atoms with van der Waals surface area (Å²) in [5.41, 5.74) is 1.13. The first-order valence-corrected chi connectivity index (χ1v) is 5.72. The van der Waals surface area contributed by atoms with Crippen LogP contribution in [0.5, 0.6) is 5.88 Å². The Bertz CT molecular complexity index is 566. The lowest BCUT2D eigenvalue weighted by atomic mass is 10.1. The standard InChI is InChI=1S/C13H12ClNO2/c1-8(2)17-12-7-10(13(14)16)9-5-3-4-6-11(9)15-12/h3-8H,1-2H3. The number of benzene rings is 1. The monoisotopic (exact) mass is 249 g/mol. The number of fused-ring (bicyclic) bond motifs is 1. The SMILES string of the molecule is CC(C)Oc1cc(C(=O)Cl)c2ccccc2n1. The molecule has 0 unspecified atom stereocenters. The van der Waals surface area contributed by atoms with E-state index < -0.39 is 5.24 Å². The van der Waals surface area contributed by atoms with Crippen LogP contribution >= 0.6 is 11.6 Å². The van der Waals surface area contributed by atoms with Gasteiger partial charge in [-0.2, -0.15) is 0 Å². The molecular weight excluding hydrogens is 238 g/mol. The molecule has 0 aliphatic heterocycles. The van der Waals surface area contributed by atoms with Crippen molar-refractivity contribution in [3.8, 4) is 5.88 Å². The highest BCUT2D eigenvalue weighted by molar-refractivity contribution is 6.68. The maximum Gasteiger partial charge on any atom is 0.253 e. The Balaban J connectivity index is 2.63. The van der Waals surface area contributed by atoms with E-state index in [-0.39, 0.29) is 6.10 Å². The van der Waals surface area contributed by atoms with E-state index >= 15 is 0 Å². The molecular formula is C13H12ClNO2. The summed E-state index contributed by atoms with van der Waals surface area (Å²) in [6.07, 6.45) is 0.00180. The molecule has 2 aromatic rings. The van der Waals surface area contributed by atoms with E-state index in [1.54, 1.807) is 6.07 Å². The van der Waals surface area contributed by atoms with Gasteiger partial charge in [0, 0.05) is 17.0 Å². The Morgan fingerprint density at radius 2 is 2.06 bits per heavy atom. The van der Waals surface area contributed by atoms with E-state index in [9.17, 15) is 4.79 Å². The van der Waals surface area contributed by atoms with Gasteiger partial charge < -0.3 is 4.74 Å². The summed E-state index contributed by atoms with van der Waals surface area (Å²) in [6.45, 7) is 3.80. The van der Waals surface area contributed by atoms with Crippen LogP contribution in [-0.2, 0) is 0 Å². The fourth-order valence-electron chi connectivity index (χ4n) is 1.62. The molecule has 0 radical (unpaired) electrons. The Hall–Kier alpha value is -1.61. The number of para-hydroxylation sites is 1. The van der Waals surface area contributed by atoms with Gasteiger partial charge in [0.2, 0.25) is 5.88 Å². The number of rotatable bonds is 3. The van der Waals surface area contributed by atoms with Crippen LogP contribution in [0, 0.1) is 0 Å². The average molecular weight is 250 g/mol. The number of pyridine rings is 1. The summed E-state index contributed by atoms with van der Waals surface area (Å²) in [7, 11) is 0. The average Bonchev–Trinajstić information content (AvgIpc) is 2.27. The maximum atomic E-state index is 11.4. The minimum Gasteiger partial charge on any atom is -0.475 e. The van der Waals surface area contributed by atoms with Crippen molar-refractivity contribution in [2.24, 2.45) is 0 Å². The Labute approximate surface area is 104 Å². The van der Waals surface area contributed by atoms with Gasteiger partial charge in [0.15, 0.2) is 0 Å². The molecule has 0 atom stereocenters. The predicted molar refractivity (Wildman–Crippen MR) is 67.7 cm³/mol. The van der Waals surface area contributed by atoms with Crippen molar-refractivity contribution in [1.82, 2.24) is 4.98 Å². The van der Waals surface area contributed by atoms with Crippen molar-refractivity contribution >= 4 is 27.7 Å². The molecule has 0 saturated heterocycles. The fourth-order valence-corrected chi connectivity index (χ4v) is 1.77. The molecule has 3 nitrogen and oxygen atoms in total. The van der Waals surface area contributed by atoms with Gasteiger partial charge in [0.05, 0.1) is 11.6 Å². The highest BCUT2D eigenvalue weighted by Gasteiger charge is 2.11. The number of carbonyl (C=O) groups excluding carboxylic acids is 1. The summed E-state index contributed by atoms with van der Waals surface area (Å²) in [5, 5.41) is 0.237. The molecule has 0 aliphatic carbocycles. The van der Waals surface area contributed by atoms with Crippen LogP contribution in [0.25, 0.3) is 10.9 Å². The summed E-state index contributed by atoms with van der Waals surface area (Å²) in [5.74, 6) is 0.419. The van der Waals surface area contributed by atoms with E-state index in [4.69, 9.17) is 16.3 Å². The van der Waals surface area contributed by atoms with Gasteiger partial charge in [-0.3, -0.25) is 4.79 Å². The van der Waals surface area contributed by atoms with Gasteiger partial charge in [-0.25, -0.2) is 4.98 Å². The van der Waals surface area contributed by atoms with Gasteiger partial charge in [-0.15, -0.1) is 0 Å². The van der Waals surface area contributed by atoms with Crippen molar-refractivity contribution < 1.29 is 9.53 Å². The molecule has 0 spiro atoms. The van der Waals surface area contributed by atoms with E-state index in [2.05, 4.69) is 4.98 Å². The normalized spacial score (nSPS) is 10.8. The first-order chi connectivity index (χ1) is 8.08. The number of hydrogen-bond acceptors (Lipinski definition) is 3. The second-order valence-electron chi connectivity index (χ2n) is 3.97. The quantitative estimate of drug-likeness (QED) is 0.783. The summed E-state index contributed by atoms with van der Waals surface area (Å²) >= 11 is 5.57. The van der Waals surface area contributed by atoms with Gasteiger partial charge in [-0.05, 0) is 31.5 Å². The van der Waals surface area contributed by atoms with Crippen molar-refractivity contribution in [3.05, 3.63) is 35.9 Å². The highest BCUT2D eigenvalue weighted by atomic mass is 35.5. The molecule has 88 valence electrons. The molecule has 17 heavy (non-hydrogen) atoms. The molecule has 0 aliphatic rings. The zero-order valence-electron chi connectivity index (χ0n) is 9.61. The smallest absolute Gasteiger partial charge is 0.253 e. The number of carbonyl (C=O) groups is 1. The van der Waals surface area contributed by atoms with Gasteiger partial charge in [-0.1, -0.05) is 18.2 Å². The van der Waals surface area contributed by atoms with Crippen LogP contribution in [0.2, 0.25) is 0 Å². The highest BCUT2D eigenvalue weighted by Crippen LogP contribution is 2.23. The molecule has 0 amide bonds. The van der Waals surface area contributed by atoms with Crippen LogP contribution in [-0.4, -0.2) is 16.3 Å². The first-order valence-electron chi connectivity index (χ1n) is 5.34. The van der Waals surface area contributed by atoms with Crippen LogP contribution in [0.15, 0.2) is 30.3 Å². The van der Waals surface area contributed by atoms with Crippen LogP contribution in [0.1, 0.15) is 24.2 Å². The van der Waals surface area contributed by atoms with Gasteiger partial charge in [0.25, 0.3) is 5.24 Å². The minimum absolute atomic E-state index is 0.00180. The molecule has 0 fully saturated rings. The molecule has 0 N–H and O–H groups in total. The lowest BCUT2D eigenvalue weighted by Gasteiger charge is -2.10. The van der Waals surface area contributed by atoms with Crippen LogP contribution < -0.4 is 4.74 Å². The molecule has 1 aromatic carbocycles. The van der Waals surface area contributed by atoms with Crippen molar-refractivity contribution in [1.29, 1.82) is 0 Å². The van der Waals surface area contributed by atoms with Crippen molar-refractivity contribution in [2.45, 2.75) is 20.0 Å². The minimum atomic E-state index is -0.503. The lowest BCUT2D eigenvalue weighted by molar-refractivity contribution is 0.108. The second kappa shape index (κ2) is 4.72. The molecule has 1 aromatic heterocycles. The van der Waals surface area contributed by atoms with Crippen LogP contribution in [0.4, 0.5) is 0 Å². The number of nitrogens with zero attached hydrogens (tertiary/aromatic N) is 1. The topological polar surface area (TPSA) is 39.2 Å². The van der Waals surface area contributed by atoms with Crippen molar-refractivity contribution in [3.63, 3.8) is 0 Å². The molecule has 0 saturated carbocycles. The van der Waals surface area contributed by atoms with E-state index in [0.717, 1.165) is 5.39 Å². The lowest BCUT2D eigenvalue weighted by Crippen LogP contribution is -2.08. The van der Waals surface area contributed by atoms with Crippen molar-refractivity contribution in [2.75, 3.05) is 0 Å². The predicted octanol–water partition coefficient (Wildman–Crippen LogP) is 3.40. The number of halogens is 1. The second-order valence-corrected chi connectivity index (χ2v) is 4.31. The molecule has 4 heteroatoms. The number of hydrogen-bond donors (Lipinski definition) is 0. The zero-order valence-corrected chi connectivity index (χ0v) is 10.4. The Morgan fingerprint density at radius 3 is 2.71 bits per heavy atom. The summed E-state index contributed by atoms with van der Waals surface area (Å²) in [6, 6.07) is 8.92. The molecule has 0 bridgehead atoms. The number of ether oxygens (including phenoxy) is 1. The third kappa shape index (κ3) is 2.56. The van der Waals surface area contributed by atoms with E-state index in [0.29, 0.717) is 17.0 Å².